The van der Waals surface area contributed by atoms with Gasteiger partial charge in [0.15, 0.2) is 0 Å². The molecule has 0 spiro atoms. The topological polar surface area (TPSA) is 29.1 Å². The zero-order valence-electron chi connectivity index (χ0n) is 7.88. The van der Waals surface area contributed by atoms with Crippen molar-refractivity contribution < 1.29 is 4.79 Å². The summed E-state index contributed by atoms with van der Waals surface area (Å²) < 4.78 is 0. The van der Waals surface area contributed by atoms with Crippen LogP contribution in [-0.2, 0) is 4.79 Å². The molecule has 12 heavy (non-hydrogen) atoms. The number of carbonyl (C=O) groups excluding carboxylic acids is 1. The largest absolute Gasteiger partial charge is 0.336 e. The van der Waals surface area contributed by atoms with Gasteiger partial charge in [0.05, 0.1) is 0 Å². The standard InChI is InChI=1S/C10H19NO/c1-2-3-4-5-6-7-8-9-11-10-12/h8-10H,2-7H2,1H3,(H,11,12)/b9-8-. The maximum absolute atomic E-state index is 9.82. The Bertz CT molecular complexity index is 121. The fraction of sp³-hybridized carbons (Fsp3) is 0.700. The van der Waals surface area contributed by atoms with Gasteiger partial charge in [0.1, 0.15) is 0 Å². The summed E-state index contributed by atoms with van der Waals surface area (Å²) in [5.41, 5.74) is 0. The lowest BCUT2D eigenvalue weighted by Crippen LogP contribution is -1.97. The fourth-order valence-electron chi connectivity index (χ4n) is 1.06. The summed E-state index contributed by atoms with van der Waals surface area (Å²) >= 11 is 0. The molecule has 0 rings (SSSR count). The minimum absolute atomic E-state index is 0.688. The Morgan fingerprint density at radius 2 is 1.92 bits per heavy atom. The van der Waals surface area contributed by atoms with Crippen LogP contribution in [0.5, 0.6) is 0 Å². The Morgan fingerprint density at radius 3 is 2.58 bits per heavy atom. The average Bonchev–Trinajstić information content (AvgIpc) is 2.10. The van der Waals surface area contributed by atoms with Gasteiger partial charge in [0.2, 0.25) is 6.41 Å². The number of allylic oxidation sites excluding steroid dienone is 1. The molecule has 2 nitrogen and oxygen atoms in total. The predicted molar refractivity (Wildman–Crippen MR) is 51.7 cm³/mol. The first-order valence-electron chi connectivity index (χ1n) is 4.76. The van der Waals surface area contributed by atoms with E-state index in [1.807, 2.05) is 6.08 Å². The first-order valence-corrected chi connectivity index (χ1v) is 4.76. The van der Waals surface area contributed by atoms with E-state index in [1.54, 1.807) is 6.20 Å². The molecule has 0 unspecified atom stereocenters. The molecule has 0 fully saturated rings. The van der Waals surface area contributed by atoms with Gasteiger partial charge in [-0.2, -0.15) is 0 Å². The lowest BCUT2D eigenvalue weighted by molar-refractivity contribution is -0.108. The molecule has 1 N–H and O–H groups in total. The summed E-state index contributed by atoms with van der Waals surface area (Å²) in [6.45, 7) is 2.22. The van der Waals surface area contributed by atoms with Crippen LogP contribution in [0.3, 0.4) is 0 Å². The number of hydrogen-bond donors (Lipinski definition) is 1. The van der Waals surface area contributed by atoms with Crippen molar-refractivity contribution in [3.8, 4) is 0 Å². The second-order valence-corrected chi connectivity index (χ2v) is 2.89. The Hall–Kier alpha value is -0.790. The van der Waals surface area contributed by atoms with Crippen LogP contribution in [0.1, 0.15) is 45.4 Å². The quantitative estimate of drug-likeness (QED) is 0.439. The van der Waals surface area contributed by atoms with Crippen molar-refractivity contribution >= 4 is 6.41 Å². The molecular formula is C10H19NO. The van der Waals surface area contributed by atoms with E-state index in [-0.39, 0.29) is 0 Å². The monoisotopic (exact) mass is 169 g/mol. The van der Waals surface area contributed by atoms with Crippen molar-refractivity contribution in [1.82, 2.24) is 5.32 Å². The first kappa shape index (κ1) is 11.2. The Balaban J connectivity index is 2.94. The Kier molecular flexibility index (Phi) is 9.54. The van der Waals surface area contributed by atoms with Gasteiger partial charge in [-0.05, 0) is 19.0 Å². The van der Waals surface area contributed by atoms with Crippen molar-refractivity contribution in [3.05, 3.63) is 12.3 Å². The highest BCUT2D eigenvalue weighted by Gasteiger charge is 1.85. The molecule has 0 aliphatic heterocycles. The minimum atomic E-state index is 0.688. The number of nitrogens with one attached hydrogen (secondary N) is 1. The molecule has 0 saturated carbocycles. The normalized spacial score (nSPS) is 10.4. The lowest BCUT2D eigenvalue weighted by atomic mass is 10.1. The second kappa shape index (κ2) is 10.2. The van der Waals surface area contributed by atoms with Crippen LogP contribution >= 0.6 is 0 Å². The molecule has 0 bridgehead atoms. The van der Waals surface area contributed by atoms with E-state index in [9.17, 15) is 4.79 Å². The van der Waals surface area contributed by atoms with E-state index in [2.05, 4.69) is 12.2 Å². The molecule has 2 heteroatoms. The maximum atomic E-state index is 9.82. The van der Waals surface area contributed by atoms with E-state index in [0.29, 0.717) is 6.41 Å². The molecule has 0 heterocycles. The Labute approximate surface area is 75.0 Å². The van der Waals surface area contributed by atoms with E-state index in [0.717, 1.165) is 6.42 Å². The van der Waals surface area contributed by atoms with E-state index in [4.69, 9.17) is 0 Å². The summed E-state index contributed by atoms with van der Waals surface area (Å²) in [7, 11) is 0. The zero-order chi connectivity index (χ0) is 9.07. The van der Waals surface area contributed by atoms with Crippen LogP contribution in [-0.4, -0.2) is 6.41 Å². The predicted octanol–water partition coefficient (Wildman–Crippen LogP) is 2.61. The van der Waals surface area contributed by atoms with Crippen molar-refractivity contribution in [2.45, 2.75) is 45.4 Å². The second-order valence-electron chi connectivity index (χ2n) is 2.89. The summed E-state index contributed by atoms with van der Waals surface area (Å²) in [4.78, 5) is 9.82. The first-order chi connectivity index (χ1) is 5.91. The molecule has 0 radical (unpaired) electrons. The SMILES string of the molecule is CCCCCCC/C=C\NC=O. The fourth-order valence-corrected chi connectivity index (χ4v) is 1.06. The van der Waals surface area contributed by atoms with Gasteiger partial charge in [-0.3, -0.25) is 4.79 Å². The van der Waals surface area contributed by atoms with E-state index < -0.39 is 0 Å². The van der Waals surface area contributed by atoms with E-state index in [1.165, 1.54) is 32.1 Å². The highest BCUT2D eigenvalue weighted by Crippen LogP contribution is 2.04. The van der Waals surface area contributed by atoms with Crippen molar-refractivity contribution in [3.63, 3.8) is 0 Å². The highest BCUT2D eigenvalue weighted by molar-refractivity contribution is 5.47. The molecule has 0 aromatic carbocycles. The molecule has 70 valence electrons. The molecular weight excluding hydrogens is 150 g/mol. The smallest absolute Gasteiger partial charge is 0.211 e. The number of carbonyl (C=O) groups is 1. The van der Waals surface area contributed by atoms with Crippen molar-refractivity contribution in [2.24, 2.45) is 0 Å². The van der Waals surface area contributed by atoms with Crippen molar-refractivity contribution in [1.29, 1.82) is 0 Å². The van der Waals surface area contributed by atoms with Crippen LogP contribution < -0.4 is 5.32 Å². The average molecular weight is 169 g/mol. The number of amides is 1. The Morgan fingerprint density at radius 1 is 1.17 bits per heavy atom. The van der Waals surface area contributed by atoms with Crippen LogP contribution in [0.2, 0.25) is 0 Å². The molecule has 0 aromatic heterocycles. The summed E-state index contributed by atoms with van der Waals surface area (Å²) in [6, 6.07) is 0. The molecule has 0 aliphatic rings. The minimum Gasteiger partial charge on any atom is -0.336 e. The lowest BCUT2D eigenvalue weighted by Gasteiger charge is -1.95. The third-order valence-corrected chi connectivity index (χ3v) is 1.76. The highest BCUT2D eigenvalue weighted by atomic mass is 16.1. The van der Waals surface area contributed by atoms with Gasteiger partial charge >= 0.3 is 0 Å². The van der Waals surface area contributed by atoms with Gasteiger partial charge in [-0.15, -0.1) is 0 Å². The van der Waals surface area contributed by atoms with Crippen LogP contribution in [0.25, 0.3) is 0 Å². The van der Waals surface area contributed by atoms with Crippen LogP contribution in [0.15, 0.2) is 12.3 Å². The molecule has 0 aliphatic carbocycles. The summed E-state index contributed by atoms with van der Waals surface area (Å²) in [5.74, 6) is 0. The van der Waals surface area contributed by atoms with Gasteiger partial charge < -0.3 is 5.32 Å². The zero-order valence-corrected chi connectivity index (χ0v) is 7.88. The molecule has 1 amide bonds. The third kappa shape index (κ3) is 9.21. The molecule has 0 saturated heterocycles. The number of hydrogen-bond acceptors (Lipinski definition) is 1. The maximum Gasteiger partial charge on any atom is 0.211 e. The van der Waals surface area contributed by atoms with Crippen LogP contribution in [0.4, 0.5) is 0 Å². The van der Waals surface area contributed by atoms with Gasteiger partial charge in [-0.25, -0.2) is 0 Å². The molecule has 0 aromatic rings. The van der Waals surface area contributed by atoms with Gasteiger partial charge in [-0.1, -0.05) is 38.7 Å². The third-order valence-electron chi connectivity index (χ3n) is 1.76. The van der Waals surface area contributed by atoms with Crippen LogP contribution in [0, 0.1) is 0 Å². The number of unbranched alkanes of at least 4 members (excludes halogenated alkanes) is 5. The summed E-state index contributed by atoms with van der Waals surface area (Å²) in [5, 5.41) is 2.49. The van der Waals surface area contributed by atoms with Gasteiger partial charge in [0, 0.05) is 0 Å². The summed E-state index contributed by atoms with van der Waals surface area (Å²) in [6.07, 6.45) is 12.0. The van der Waals surface area contributed by atoms with Gasteiger partial charge in [0.25, 0.3) is 0 Å². The molecule has 0 atom stereocenters. The van der Waals surface area contributed by atoms with Crippen molar-refractivity contribution in [2.75, 3.05) is 0 Å². The van der Waals surface area contributed by atoms with E-state index >= 15 is 0 Å². The number of rotatable bonds is 8.